The minimum absolute atomic E-state index is 0.0148. The first kappa shape index (κ1) is 20.1. The van der Waals surface area contributed by atoms with Crippen molar-refractivity contribution in [3.8, 4) is 0 Å². The van der Waals surface area contributed by atoms with Gasteiger partial charge in [0, 0.05) is 11.0 Å². The highest BCUT2D eigenvalue weighted by molar-refractivity contribution is 8.00. The summed E-state index contributed by atoms with van der Waals surface area (Å²) in [5, 5.41) is 13.3. The van der Waals surface area contributed by atoms with Gasteiger partial charge in [0.1, 0.15) is 11.5 Å². The van der Waals surface area contributed by atoms with Crippen LogP contribution in [0.15, 0.2) is 53.4 Å². The second-order valence-corrected chi connectivity index (χ2v) is 6.40. The number of nitro benzene ring substituents is 1. The molecular weight excluding hydrogens is 372 g/mol. The van der Waals surface area contributed by atoms with Gasteiger partial charge in [0.15, 0.2) is 6.61 Å². The van der Waals surface area contributed by atoms with Crippen molar-refractivity contribution in [3.05, 3.63) is 64.2 Å². The average molecular weight is 388 g/mol. The van der Waals surface area contributed by atoms with E-state index in [4.69, 9.17) is 4.74 Å². The maximum atomic E-state index is 12.2. The van der Waals surface area contributed by atoms with E-state index in [0.29, 0.717) is 4.90 Å². The molecule has 0 spiro atoms. The van der Waals surface area contributed by atoms with E-state index < -0.39 is 23.4 Å². The average Bonchev–Trinajstić information content (AvgIpc) is 2.65. The number of anilines is 1. The SMILES string of the molecule is CC(=O)CSc1ccccc1C(=O)OCC(=O)Nc1ccccc1[N+](=O)[O-]. The van der Waals surface area contributed by atoms with E-state index in [1.807, 2.05) is 0 Å². The van der Waals surface area contributed by atoms with Crippen molar-refractivity contribution >= 4 is 40.8 Å². The molecule has 0 radical (unpaired) electrons. The summed E-state index contributed by atoms with van der Waals surface area (Å²) in [6.45, 7) is 0.845. The van der Waals surface area contributed by atoms with Crippen molar-refractivity contribution in [1.82, 2.24) is 0 Å². The second-order valence-electron chi connectivity index (χ2n) is 5.39. The van der Waals surface area contributed by atoms with Crippen LogP contribution in [-0.2, 0) is 14.3 Å². The van der Waals surface area contributed by atoms with Crippen LogP contribution >= 0.6 is 11.8 Å². The number of nitro groups is 1. The van der Waals surface area contributed by atoms with Crippen LogP contribution in [0.4, 0.5) is 11.4 Å². The van der Waals surface area contributed by atoms with E-state index >= 15 is 0 Å². The van der Waals surface area contributed by atoms with Gasteiger partial charge in [-0.2, -0.15) is 0 Å². The number of carbonyl (C=O) groups excluding carboxylic acids is 3. The van der Waals surface area contributed by atoms with Crippen LogP contribution in [0.2, 0.25) is 0 Å². The van der Waals surface area contributed by atoms with Gasteiger partial charge in [-0.25, -0.2) is 4.79 Å². The van der Waals surface area contributed by atoms with E-state index in [-0.39, 0.29) is 28.5 Å². The van der Waals surface area contributed by atoms with Gasteiger partial charge in [0.05, 0.1) is 16.2 Å². The maximum absolute atomic E-state index is 12.2. The van der Waals surface area contributed by atoms with Crippen LogP contribution in [0.25, 0.3) is 0 Å². The standard InChI is InChI=1S/C18H16N2O6S/c1-12(21)11-27-16-9-5-2-6-13(16)18(23)26-10-17(22)19-14-7-3-4-8-15(14)20(24)25/h2-9H,10-11H2,1H3,(H,19,22). The fraction of sp³-hybridized carbons (Fsp3) is 0.167. The van der Waals surface area contributed by atoms with Gasteiger partial charge in [-0.15, -0.1) is 11.8 Å². The monoisotopic (exact) mass is 388 g/mol. The van der Waals surface area contributed by atoms with Crippen LogP contribution in [0.1, 0.15) is 17.3 Å². The van der Waals surface area contributed by atoms with Crippen molar-refractivity contribution in [1.29, 1.82) is 0 Å². The minimum atomic E-state index is -0.723. The lowest BCUT2D eigenvalue weighted by Crippen LogP contribution is -2.21. The molecule has 0 saturated heterocycles. The quantitative estimate of drug-likeness (QED) is 0.320. The Morgan fingerprint density at radius 2 is 1.78 bits per heavy atom. The van der Waals surface area contributed by atoms with Crippen LogP contribution < -0.4 is 5.32 Å². The van der Waals surface area contributed by atoms with Crippen molar-refractivity contribution < 1.29 is 24.0 Å². The molecule has 140 valence electrons. The van der Waals surface area contributed by atoms with Crippen LogP contribution in [0, 0.1) is 10.1 Å². The molecule has 27 heavy (non-hydrogen) atoms. The van der Waals surface area contributed by atoms with Gasteiger partial charge in [-0.1, -0.05) is 24.3 Å². The molecule has 0 unspecified atom stereocenters. The molecule has 8 nitrogen and oxygen atoms in total. The largest absolute Gasteiger partial charge is 0.452 e. The van der Waals surface area contributed by atoms with E-state index in [1.165, 1.54) is 49.0 Å². The zero-order valence-corrected chi connectivity index (χ0v) is 15.2. The van der Waals surface area contributed by atoms with E-state index in [2.05, 4.69) is 5.32 Å². The molecular formula is C18H16N2O6S. The fourth-order valence-corrected chi connectivity index (χ4v) is 2.91. The molecule has 0 aliphatic carbocycles. The van der Waals surface area contributed by atoms with Crippen molar-refractivity contribution in [3.63, 3.8) is 0 Å². The second kappa shape index (κ2) is 9.48. The molecule has 9 heteroatoms. The first-order valence-corrected chi connectivity index (χ1v) is 8.78. The highest BCUT2D eigenvalue weighted by atomic mass is 32.2. The Bertz CT molecular complexity index is 884. The predicted molar refractivity (Wildman–Crippen MR) is 99.9 cm³/mol. The van der Waals surface area contributed by atoms with Crippen molar-refractivity contribution in [2.24, 2.45) is 0 Å². The van der Waals surface area contributed by atoms with Gasteiger partial charge in [0.2, 0.25) is 0 Å². The molecule has 1 amide bonds. The number of ketones is 1. The molecule has 0 saturated carbocycles. The molecule has 0 fully saturated rings. The molecule has 0 aliphatic rings. The summed E-state index contributed by atoms with van der Waals surface area (Å²) in [6.07, 6.45) is 0. The number of hydrogen-bond acceptors (Lipinski definition) is 7. The van der Waals surface area contributed by atoms with Gasteiger partial charge >= 0.3 is 5.97 Å². The number of para-hydroxylation sites is 2. The number of rotatable bonds is 8. The van der Waals surface area contributed by atoms with Gasteiger partial charge in [-0.05, 0) is 25.1 Å². The molecule has 2 aromatic carbocycles. The molecule has 1 N–H and O–H groups in total. The number of carbonyl (C=O) groups is 3. The van der Waals surface area contributed by atoms with Crippen molar-refractivity contribution in [2.45, 2.75) is 11.8 Å². The van der Waals surface area contributed by atoms with E-state index in [1.54, 1.807) is 18.2 Å². The highest BCUT2D eigenvalue weighted by Gasteiger charge is 2.18. The summed E-state index contributed by atoms with van der Waals surface area (Å²) < 4.78 is 4.99. The number of amides is 1. The number of nitrogens with zero attached hydrogens (tertiary/aromatic N) is 1. The van der Waals surface area contributed by atoms with Crippen LogP contribution in [0.5, 0.6) is 0 Å². The van der Waals surface area contributed by atoms with Crippen molar-refractivity contribution in [2.75, 3.05) is 17.7 Å². The molecule has 2 aromatic rings. The molecule has 0 aromatic heterocycles. The molecule has 0 heterocycles. The van der Waals surface area contributed by atoms with Gasteiger partial charge < -0.3 is 10.1 Å². The summed E-state index contributed by atoms with van der Waals surface area (Å²) in [4.78, 5) is 46.2. The Balaban J connectivity index is 1.99. The summed E-state index contributed by atoms with van der Waals surface area (Å²) in [5.41, 5.74) is -0.00800. The lowest BCUT2D eigenvalue weighted by molar-refractivity contribution is -0.383. The lowest BCUT2D eigenvalue weighted by Gasteiger charge is -2.09. The summed E-state index contributed by atoms with van der Waals surface area (Å²) in [6, 6.07) is 12.2. The number of benzene rings is 2. The Morgan fingerprint density at radius 1 is 1.11 bits per heavy atom. The predicted octanol–water partition coefficient (Wildman–Crippen LogP) is 3.07. The number of esters is 1. The Labute approximate surface area is 159 Å². The number of ether oxygens (including phenoxy) is 1. The fourth-order valence-electron chi connectivity index (χ4n) is 2.07. The van der Waals surface area contributed by atoms with Crippen LogP contribution in [0.3, 0.4) is 0 Å². The third-order valence-electron chi connectivity index (χ3n) is 3.25. The zero-order valence-electron chi connectivity index (χ0n) is 14.3. The third-order valence-corrected chi connectivity index (χ3v) is 4.46. The molecule has 0 bridgehead atoms. The smallest absolute Gasteiger partial charge is 0.339 e. The van der Waals surface area contributed by atoms with Gasteiger partial charge in [0.25, 0.3) is 11.6 Å². The first-order chi connectivity index (χ1) is 12.9. The van der Waals surface area contributed by atoms with E-state index in [0.717, 1.165) is 0 Å². The number of Topliss-reactive ketones (excluding diaryl/α,β-unsaturated/α-hetero) is 1. The van der Waals surface area contributed by atoms with E-state index in [9.17, 15) is 24.5 Å². The highest BCUT2D eigenvalue weighted by Crippen LogP contribution is 2.24. The number of thioether (sulfide) groups is 1. The molecule has 2 rings (SSSR count). The number of nitrogens with one attached hydrogen (secondary N) is 1. The van der Waals surface area contributed by atoms with Gasteiger partial charge in [-0.3, -0.25) is 19.7 Å². The number of hydrogen-bond donors (Lipinski definition) is 1. The Morgan fingerprint density at radius 3 is 2.48 bits per heavy atom. The summed E-state index contributed by atoms with van der Waals surface area (Å²) in [7, 11) is 0. The summed E-state index contributed by atoms with van der Waals surface area (Å²) >= 11 is 1.20. The Kier molecular flexibility index (Phi) is 7.07. The molecule has 0 aliphatic heterocycles. The minimum Gasteiger partial charge on any atom is -0.452 e. The zero-order chi connectivity index (χ0) is 19.8. The normalized spacial score (nSPS) is 10.1. The molecule has 0 atom stereocenters. The lowest BCUT2D eigenvalue weighted by atomic mass is 10.2. The Hall–Kier alpha value is -3.20. The first-order valence-electron chi connectivity index (χ1n) is 7.80. The topological polar surface area (TPSA) is 116 Å². The third kappa shape index (κ3) is 5.93. The summed E-state index contributed by atoms with van der Waals surface area (Å²) in [5.74, 6) is -1.25. The maximum Gasteiger partial charge on any atom is 0.339 e. The van der Waals surface area contributed by atoms with Crippen LogP contribution in [-0.4, -0.2) is 34.9 Å².